The molecule has 0 aromatic carbocycles. The van der Waals surface area contributed by atoms with Crippen molar-refractivity contribution < 1.29 is 9.59 Å². The average molecular weight is 267 g/mol. The molecule has 0 radical (unpaired) electrons. The van der Waals surface area contributed by atoms with E-state index in [4.69, 9.17) is 5.73 Å². The summed E-state index contributed by atoms with van der Waals surface area (Å²) in [7, 11) is 0. The van der Waals surface area contributed by atoms with Crippen LogP contribution in [0.2, 0.25) is 0 Å². The average Bonchev–Trinajstić information content (AvgIpc) is 2.92. The fraction of sp³-hybridized carbons (Fsp3) is 0.600. The first-order chi connectivity index (χ1) is 9.20. The number of H-pyrrole nitrogens is 1. The highest BCUT2D eigenvalue weighted by atomic mass is 16.2. The summed E-state index contributed by atoms with van der Waals surface area (Å²) in [6, 6.07) is 0. The lowest BCUT2D eigenvalue weighted by molar-refractivity contribution is -0.144. The third kappa shape index (κ3) is 3.48. The van der Waals surface area contributed by atoms with E-state index < -0.39 is 11.8 Å². The molecule has 9 heteroatoms. The van der Waals surface area contributed by atoms with E-state index >= 15 is 0 Å². The molecule has 0 aliphatic carbocycles. The van der Waals surface area contributed by atoms with E-state index in [2.05, 4.69) is 25.4 Å². The molecule has 104 valence electrons. The molecule has 9 nitrogen and oxygen atoms in total. The first-order valence-corrected chi connectivity index (χ1v) is 6.08. The van der Waals surface area contributed by atoms with E-state index in [0.29, 0.717) is 19.6 Å². The molecule has 4 N–H and O–H groups in total. The fourth-order valence-electron chi connectivity index (χ4n) is 1.93. The van der Waals surface area contributed by atoms with Gasteiger partial charge in [0.2, 0.25) is 5.95 Å². The van der Waals surface area contributed by atoms with Gasteiger partial charge >= 0.3 is 11.8 Å². The van der Waals surface area contributed by atoms with Gasteiger partial charge in [0.05, 0.1) is 0 Å². The van der Waals surface area contributed by atoms with Crippen LogP contribution in [0, 0.1) is 0 Å². The van der Waals surface area contributed by atoms with Gasteiger partial charge in [-0.3, -0.25) is 19.8 Å². The summed E-state index contributed by atoms with van der Waals surface area (Å²) in [6.45, 7) is 3.94. The van der Waals surface area contributed by atoms with E-state index in [9.17, 15) is 9.59 Å². The molecule has 2 amide bonds. The molecule has 1 aliphatic rings. The smallest absolute Gasteiger partial charge is 0.316 e. The zero-order valence-corrected chi connectivity index (χ0v) is 10.5. The summed E-state index contributed by atoms with van der Waals surface area (Å²) < 4.78 is 0. The summed E-state index contributed by atoms with van der Waals surface area (Å²) in [5.74, 6) is -1.09. The Bertz CT molecular complexity index is 425. The molecule has 2 rings (SSSR count). The molecule has 0 atom stereocenters. The minimum absolute atomic E-state index is 0.167. The highest BCUT2D eigenvalue weighted by Gasteiger charge is 2.26. The van der Waals surface area contributed by atoms with Crippen molar-refractivity contribution in [1.29, 1.82) is 0 Å². The summed E-state index contributed by atoms with van der Waals surface area (Å²) in [4.78, 5) is 31.0. The highest BCUT2D eigenvalue weighted by molar-refractivity contribution is 6.39. The van der Waals surface area contributed by atoms with Crippen molar-refractivity contribution in [1.82, 2.24) is 25.0 Å². The van der Waals surface area contributed by atoms with Crippen LogP contribution in [0.4, 0.5) is 5.95 Å². The summed E-state index contributed by atoms with van der Waals surface area (Å²) >= 11 is 0. The van der Waals surface area contributed by atoms with Gasteiger partial charge in [-0.2, -0.15) is 10.1 Å². The van der Waals surface area contributed by atoms with E-state index in [1.165, 1.54) is 11.2 Å². The number of aromatic amines is 1. The second-order valence-electron chi connectivity index (χ2n) is 4.21. The van der Waals surface area contributed by atoms with Crippen molar-refractivity contribution >= 4 is 17.8 Å². The number of nitrogens with two attached hydrogens (primary N) is 1. The van der Waals surface area contributed by atoms with E-state index in [1.54, 1.807) is 0 Å². The number of hydrogen-bond donors (Lipinski definition) is 3. The molecule has 1 aliphatic heterocycles. The van der Waals surface area contributed by atoms with Gasteiger partial charge in [-0.15, -0.1) is 0 Å². The minimum atomic E-state index is -0.705. The van der Waals surface area contributed by atoms with E-state index in [-0.39, 0.29) is 5.95 Å². The van der Waals surface area contributed by atoms with Crippen molar-refractivity contribution in [3.05, 3.63) is 6.33 Å². The third-order valence-electron chi connectivity index (χ3n) is 2.95. The van der Waals surface area contributed by atoms with Crippen molar-refractivity contribution in [3.63, 3.8) is 0 Å². The van der Waals surface area contributed by atoms with Gasteiger partial charge in [-0.1, -0.05) is 0 Å². The van der Waals surface area contributed by atoms with E-state index in [0.717, 1.165) is 19.6 Å². The van der Waals surface area contributed by atoms with Crippen LogP contribution in [0.15, 0.2) is 6.33 Å². The second-order valence-corrected chi connectivity index (χ2v) is 4.21. The summed E-state index contributed by atoms with van der Waals surface area (Å²) in [6.07, 6.45) is 1.26. The number of nitrogens with one attached hydrogen (secondary N) is 2. The van der Waals surface area contributed by atoms with Crippen molar-refractivity contribution in [2.45, 2.75) is 0 Å². The van der Waals surface area contributed by atoms with Crippen molar-refractivity contribution in [3.8, 4) is 0 Å². The molecule has 0 unspecified atom stereocenters. The number of anilines is 1. The fourth-order valence-corrected chi connectivity index (χ4v) is 1.93. The Morgan fingerprint density at radius 1 is 1.37 bits per heavy atom. The van der Waals surface area contributed by atoms with Gasteiger partial charge in [-0.25, -0.2) is 5.10 Å². The molecule has 1 saturated heterocycles. The molecular formula is C10H17N7O2. The number of amides is 2. The van der Waals surface area contributed by atoms with E-state index in [1.807, 2.05) is 0 Å². The number of nitrogens with zero attached hydrogens (tertiary/aromatic N) is 4. The molecule has 19 heavy (non-hydrogen) atoms. The first-order valence-electron chi connectivity index (χ1n) is 6.08. The van der Waals surface area contributed by atoms with Crippen LogP contribution >= 0.6 is 0 Å². The van der Waals surface area contributed by atoms with Crippen LogP contribution in [-0.2, 0) is 9.59 Å². The quantitative estimate of drug-likeness (QED) is 0.537. The van der Waals surface area contributed by atoms with Gasteiger partial charge in [0.1, 0.15) is 6.33 Å². The van der Waals surface area contributed by atoms with Crippen LogP contribution in [0.1, 0.15) is 0 Å². The van der Waals surface area contributed by atoms with Gasteiger partial charge in [0.15, 0.2) is 0 Å². The number of hydrogen-bond acceptors (Lipinski definition) is 6. The monoisotopic (exact) mass is 267 g/mol. The Hall–Kier alpha value is -2.00. The van der Waals surface area contributed by atoms with Crippen LogP contribution in [0.25, 0.3) is 0 Å². The van der Waals surface area contributed by atoms with Crippen LogP contribution in [0.3, 0.4) is 0 Å². The lowest BCUT2D eigenvalue weighted by Gasteiger charge is -2.33. The molecule has 0 bridgehead atoms. The Morgan fingerprint density at radius 2 is 2.11 bits per heavy atom. The Balaban J connectivity index is 1.82. The lowest BCUT2D eigenvalue weighted by atomic mass is 10.3. The molecular weight excluding hydrogens is 250 g/mol. The zero-order valence-electron chi connectivity index (χ0n) is 10.5. The second kappa shape index (κ2) is 6.25. The SMILES string of the molecule is NCCN1CCN(C(=O)C(=O)Nc2ncn[nH]2)CC1. The standard InChI is InChI=1S/C10H17N7O2/c11-1-2-16-3-5-17(6-4-16)9(19)8(18)14-10-12-7-13-15-10/h7H,1-6,11H2,(H2,12,13,14,15,18). The number of aromatic nitrogens is 3. The zero-order chi connectivity index (χ0) is 13.7. The maximum absolute atomic E-state index is 11.9. The number of carbonyl (C=O) groups is 2. The van der Waals surface area contributed by atoms with Gasteiger partial charge in [0.25, 0.3) is 0 Å². The largest absolute Gasteiger partial charge is 0.332 e. The number of piperazine rings is 1. The maximum Gasteiger partial charge on any atom is 0.316 e. The molecule has 0 saturated carbocycles. The lowest BCUT2D eigenvalue weighted by Crippen LogP contribution is -2.52. The van der Waals surface area contributed by atoms with Crippen molar-refractivity contribution in [2.75, 3.05) is 44.6 Å². The van der Waals surface area contributed by atoms with Crippen LogP contribution in [0.5, 0.6) is 0 Å². The topological polar surface area (TPSA) is 120 Å². The highest BCUT2D eigenvalue weighted by Crippen LogP contribution is 2.03. The Morgan fingerprint density at radius 3 is 2.68 bits per heavy atom. The predicted molar refractivity (Wildman–Crippen MR) is 67.1 cm³/mol. The summed E-state index contributed by atoms with van der Waals surface area (Å²) in [5, 5.41) is 8.41. The summed E-state index contributed by atoms with van der Waals surface area (Å²) in [5.41, 5.74) is 5.48. The predicted octanol–water partition coefficient (Wildman–Crippen LogP) is -2.15. The Kier molecular flexibility index (Phi) is 4.42. The number of rotatable bonds is 3. The van der Waals surface area contributed by atoms with Gasteiger partial charge in [-0.05, 0) is 0 Å². The molecule has 2 heterocycles. The van der Waals surface area contributed by atoms with Crippen LogP contribution < -0.4 is 11.1 Å². The van der Waals surface area contributed by atoms with Gasteiger partial charge in [0, 0.05) is 39.3 Å². The molecule has 1 fully saturated rings. The van der Waals surface area contributed by atoms with Crippen molar-refractivity contribution in [2.24, 2.45) is 5.73 Å². The first kappa shape index (κ1) is 13.4. The number of carbonyl (C=O) groups excluding carboxylic acids is 2. The molecule has 0 spiro atoms. The Labute approximate surface area is 110 Å². The molecule has 1 aromatic heterocycles. The van der Waals surface area contributed by atoms with Crippen LogP contribution in [-0.4, -0.2) is 76.1 Å². The normalized spacial score (nSPS) is 16.4. The minimum Gasteiger partial charge on any atom is -0.332 e. The third-order valence-corrected chi connectivity index (χ3v) is 2.95. The maximum atomic E-state index is 11.9. The van der Waals surface area contributed by atoms with Gasteiger partial charge < -0.3 is 10.6 Å². The molecule has 1 aromatic rings.